The van der Waals surface area contributed by atoms with Crippen LogP contribution in [0, 0.1) is 0 Å². The highest BCUT2D eigenvalue weighted by Crippen LogP contribution is 2.39. The maximum absolute atomic E-state index is 8.99. The molecule has 0 spiro atoms. The van der Waals surface area contributed by atoms with Gasteiger partial charge in [-0.05, 0) is 30.5 Å². The summed E-state index contributed by atoms with van der Waals surface area (Å²) in [5, 5.41) is 12.1. The molecule has 3 nitrogen and oxygen atoms in total. The molecule has 12 heavy (non-hydrogen) atoms. The van der Waals surface area contributed by atoms with Crippen LogP contribution in [0.1, 0.15) is 0 Å². The van der Waals surface area contributed by atoms with Gasteiger partial charge in [-0.1, -0.05) is 0 Å². The predicted molar refractivity (Wildman–Crippen MR) is 56.4 cm³/mol. The summed E-state index contributed by atoms with van der Waals surface area (Å²) in [7, 11) is -0.679. The van der Waals surface area contributed by atoms with Gasteiger partial charge < -0.3 is 10.2 Å². The van der Waals surface area contributed by atoms with Crippen molar-refractivity contribution in [2.45, 2.75) is 0 Å². The minimum atomic E-state index is -0.679. The van der Waals surface area contributed by atoms with Crippen molar-refractivity contribution in [2.75, 3.05) is 11.3 Å². The highest BCUT2D eigenvalue weighted by molar-refractivity contribution is 8.55. The fourth-order valence-electron chi connectivity index (χ4n) is 0.709. The second-order valence-electron chi connectivity index (χ2n) is 2.17. The van der Waals surface area contributed by atoms with Crippen molar-refractivity contribution < 1.29 is 5.11 Å². The summed E-state index contributed by atoms with van der Waals surface area (Å²) in [5.41, 5.74) is 6.64. The average molecular weight is 202 g/mol. The van der Waals surface area contributed by atoms with Gasteiger partial charge in [-0.2, -0.15) is 0 Å². The number of aromatic hydroxyl groups is 1. The second kappa shape index (κ2) is 4.55. The zero-order valence-electron chi connectivity index (χ0n) is 6.69. The maximum atomic E-state index is 8.99. The van der Waals surface area contributed by atoms with Gasteiger partial charge in [-0.15, -0.1) is 11.4 Å². The SMILES string of the molecule is CSP(N)Nc1ccc(O)cc1. The van der Waals surface area contributed by atoms with Crippen molar-refractivity contribution in [3.63, 3.8) is 0 Å². The quantitative estimate of drug-likeness (QED) is 0.520. The van der Waals surface area contributed by atoms with E-state index in [1.54, 1.807) is 35.6 Å². The third kappa shape index (κ3) is 2.89. The molecule has 0 aliphatic heterocycles. The van der Waals surface area contributed by atoms with Crippen molar-refractivity contribution in [3.05, 3.63) is 24.3 Å². The number of hydrogen-bond donors (Lipinski definition) is 3. The molecule has 0 bridgehead atoms. The first-order valence-electron chi connectivity index (χ1n) is 3.37. The Kier molecular flexibility index (Phi) is 3.66. The third-order valence-electron chi connectivity index (χ3n) is 1.30. The third-order valence-corrected chi connectivity index (χ3v) is 3.63. The molecule has 1 rings (SSSR count). The van der Waals surface area contributed by atoms with Crippen LogP contribution >= 0.6 is 18.8 Å². The van der Waals surface area contributed by atoms with Crippen molar-refractivity contribution >= 4 is 24.5 Å². The standard InChI is InChI=1S/C7H11N2OPS/c1-12-11(8)9-6-2-4-7(10)5-3-6/h2-5,9-10H,8H2,1H3. The Balaban J connectivity index is 2.58. The predicted octanol–water partition coefficient (Wildman–Crippen LogP) is 2.35. The van der Waals surface area contributed by atoms with Gasteiger partial charge in [-0.3, -0.25) is 5.50 Å². The van der Waals surface area contributed by atoms with Crippen LogP contribution in [0.3, 0.4) is 0 Å². The zero-order chi connectivity index (χ0) is 8.97. The van der Waals surface area contributed by atoms with E-state index >= 15 is 0 Å². The van der Waals surface area contributed by atoms with E-state index in [4.69, 9.17) is 10.6 Å². The Labute approximate surface area is 77.0 Å². The number of phenolic OH excluding ortho intramolecular Hbond substituents is 1. The lowest BCUT2D eigenvalue weighted by molar-refractivity contribution is 0.475. The molecule has 0 aliphatic carbocycles. The highest BCUT2D eigenvalue weighted by Gasteiger charge is 1.98. The summed E-state index contributed by atoms with van der Waals surface area (Å²) in [6.07, 6.45) is 1.96. The Morgan fingerprint density at radius 2 is 2.00 bits per heavy atom. The van der Waals surface area contributed by atoms with Crippen molar-refractivity contribution in [3.8, 4) is 5.75 Å². The van der Waals surface area contributed by atoms with Gasteiger partial charge >= 0.3 is 0 Å². The molecule has 0 fully saturated rings. The van der Waals surface area contributed by atoms with Crippen LogP contribution in [0.25, 0.3) is 0 Å². The molecule has 0 aromatic heterocycles. The average Bonchev–Trinajstić information content (AvgIpc) is 2.09. The summed E-state index contributed by atoms with van der Waals surface area (Å²) in [6, 6.07) is 6.86. The summed E-state index contributed by atoms with van der Waals surface area (Å²) in [4.78, 5) is 0. The number of hydrogen-bond acceptors (Lipinski definition) is 4. The number of anilines is 1. The smallest absolute Gasteiger partial charge is 0.123 e. The summed E-state index contributed by atoms with van der Waals surface area (Å²) in [5.74, 6) is 0.269. The van der Waals surface area contributed by atoms with Gasteiger partial charge in [-0.25, -0.2) is 0 Å². The zero-order valence-corrected chi connectivity index (χ0v) is 8.40. The van der Waals surface area contributed by atoms with E-state index in [1.807, 2.05) is 6.26 Å². The Morgan fingerprint density at radius 3 is 2.50 bits per heavy atom. The lowest BCUT2D eigenvalue weighted by Gasteiger charge is -2.10. The molecule has 0 saturated carbocycles. The molecule has 0 amide bonds. The molecule has 66 valence electrons. The molecule has 1 aromatic carbocycles. The molecule has 4 N–H and O–H groups in total. The first kappa shape index (κ1) is 9.65. The first-order valence-corrected chi connectivity index (χ1v) is 6.61. The fraction of sp³-hybridized carbons (Fsp3) is 0.143. The fourth-order valence-corrected chi connectivity index (χ4v) is 1.79. The number of phenols is 1. The molecule has 1 atom stereocenters. The molecular formula is C7H11N2OPS. The monoisotopic (exact) mass is 202 g/mol. The molecule has 0 radical (unpaired) electrons. The molecule has 1 aromatic rings. The van der Waals surface area contributed by atoms with E-state index in [2.05, 4.69) is 5.09 Å². The van der Waals surface area contributed by atoms with Crippen LogP contribution in [0.5, 0.6) is 5.75 Å². The normalized spacial score (nSPS) is 12.5. The number of nitrogens with one attached hydrogen (secondary N) is 1. The van der Waals surface area contributed by atoms with Gasteiger partial charge in [0, 0.05) is 5.69 Å². The lowest BCUT2D eigenvalue weighted by Crippen LogP contribution is -1.95. The summed E-state index contributed by atoms with van der Waals surface area (Å²) < 4.78 is 0. The number of rotatable bonds is 3. The van der Waals surface area contributed by atoms with Gasteiger partial charge in [0.25, 0.3) is 0 Å². The van der Waals surface area contributed by atoms with E-state index in [0.717, 1.165) is 5.69 Å². The van der Waals surface area contributed by atoms with E-state index < -0.39 is 7.42 Å². The van der Waals surface area contributed by atoms with E-state index in [1.165, 1.54) is 0 Å². The summed E-state index contributed by atoms with van der Waals surface area (Å²) in [6.45, 7) is 0. The first-order chi connectivity index (χ1) is 5.72. The topological polar surface area (TPSA) is 58.3 Å². The largest absolute Gasteiger partial charge is 0.508 e. The molecular weight excluding hydrogens is 191 g/mol. The molecule has 0 heterocycles. The lowest BCUT2D eigenvalue weighted by atomic mass is 10.3. The molecule has 0 saturated heterocycles. The van der Waals surface area contributed by atoms with Crippen molar-refractivity contribution in [2.24, 2.45) is 5.50 Å². The molecule has 5 heteroatoms. The van der Waals surface area contributed by atoms with Crippen molar-refractivity contribution in [1.82, 2.24) is 0 Å². The summed E-state index contributed by atoms with van der Waals surface area (Å²) >= 11 is 1.59. The minimum absolute atomic E-state index is 0.269. The van der Waals surface area contributed by atoms with Gasteiger partial charge in [0.2, 0.25) is 0 Å². The van der Waals surface area contributed by atoms with Crippen LogP contribution < -0.4 is 10.6 Å². The highest BCUT2D eigenvalue weighted by atomic mass is 32.7. The van der Waals surface area contributed by atoms with Crippen LogP contribution in [0.15, 0.2) is 24.3 Å². The maximum Gasteiger partial charge on any atom is 0.123 e. The molecule has 1 unspecified atom stereocenters. The molecule has 0 aliphatic rings. The second-order valence-corrected chi connectivity index (χ2v) is 5.68. The van der Waals surface area contributed by atoms with E-state index in [0.29, 0.717) is 0 Å². The van der Waals surface area contributed by atoms with Crippen LogP contribution in [-0.2, 0) is 0 Å². The Hall–Kier alpha value is -0.440. The van der Waals surface area contributed by atoms with Gasteiger partial charge in [0.05, 0.1) is 0 Å². The Morgan fingerprint density at radius 1 is 1.42 bits per heavy atom. The van der Waals surface area contributed by atoms with Gasteiger partial charge in [0.1, 0.15) is 13.2 Å². The van der Waals surface area contributed by atoms with E-state index in [-0.39, 0.29) is 5.75 Å². The Bertz CT molecular complexity index is 242. The number of benzene rings is 1. The van der Waals surface area contributed by atoms with Crippen LogP contribution in [-0.4, -0.2) is 11.4 Å². The van der Waals surface area contributed by atoms with Crippen LogP contribution in [0.2, 0.25) is 0 Å². The van der Waals surface area contributed by atoms with Crippen molar-refractivity contribution in [1.29, 1.82) is 0 Å². The number of nitrogens with two attached hydrogens (primary N) is 1. The van der Waals surface area contributed by atoms with Gasteiger partial charge in [0.15, 0.2) is 0 Å². The van der Waals surface area contributed by atoms with E-state index in [9.17, 15) is 0 Å². The minimum Gasteiger partial charge on any atom is -0.508 e. The van der Waals surface area contributed by atoms with Crippen LogP contribution in [0.4, 0.5) is 5.69 Å².